The summed E-state index contributed by atoms with van der Waals surface area (Å²) >= 11 is 0. The molecule has 41 heavy (non-hydrogen) atoms. The number of aromatic nitrogens is 6. The highest BCUT2D eigenvalue weighted by Gasteiger charge is 2.43. The number of nitrogens with one attached hydrogen (secondary N) is 2. The quantitative estimate of drug-likeness (QED) is 0.436. The molecule has 0 aliphatic carbocycles. The number of nitriles is 1. The second kappa shape index (κ2) is 10.7. The van der Waals surface area contributed by atoms with Crippen molar-refractivity contribution in [1.82, 2.24) is 34.7 Å². The largest absolute Gasteiger partial charge is 0.486 e. The van der Waals surface area contributed by atoms with Crippen LogP contribution in [0.1, 0.15) is 51.5 Å². The van der Waals surface area contributed by atoms with E-state index in [9.17, 15) is 10.1 Å². The van der Waals surface area contributed by atoms with E-state index in [0.717, 1.165) is 35.2 Å². The third kappa shape index (κ3) is 5.34. The fraction of sp³-hybridized carbons (Fsp3) is 0.556. The average molecular weight is 565 g/mol. The summed E-state index contributed by atoms with van der Waals surface area (Å²) in [4.78, 5) is 24.1. The van der Waals surface area contributed by atoms with Gasteiger partial charge in [-0.2, -0.15) is 19.6 Å². The Morgan fingerprint density at radius 2 is 2.12 bits per heavy atom. The second-order valence-electron chi connectivity index (χ2n) is 11.5. The maximum atomic E-state index is 15.4. The highest BCUT2D eigenvalue weighted by Crippen LogP contribution is 2.39. The molecule has 2 aromatic heterocycles. The van der Waals surface area contributed by atoms with Crippen LogP contribution in [0.3, 0.4) is 0 Å². The van der Waals surface area contributed by atoms with Crippen LogP contribution in [0.5, 0.6) is 5.75 Å². The zero-order valence-corrected chi connectivity index (χ0v) is 23.3. The molecular formula is C27H33FN10O3. The molecule has 2 N–H and O–H groups in total. The molecule has 3 aliphatic rings. The molecule has 0 saturated carbocycles. The lowest BCUT2D eigenvalue weighted by Crippen LogP contribution is -2.55. The van der Waals surface area contributed by atoms with Gasteiger partial charge in [-0.1, -0.05) is 0 Å². The number of anilines is 3. The van der Waals surface area contributed by atoms with Gasteiger partial charge in [-0.05, 0) is 62.6 Å². The number of rotatable bonds is 7. The lowest BCUT2D eigenvalue weighted by atomic mass is 9.84. The van der Waals surface area contributed by atoms with Gasteiger partial charge in [-0.15, -0.1) is 0 Å². The molecular weight excluding hydrogens is 531 g/mol. The molecule has 13 nitrogen and oxygen atoms in total. The first kappa shape index (κ1) is 27.1. The van der Waals surface area contributed by atoms with Gasteiger partial charge in [0.25, 0.3) is 0 Å². The number of tetrazole rings is 1. The Morgan fingerprint density at radius 3 is 2.85 bits per heavy atom. The number of piperidine rings is 1. The van der Waals surface area contributed by atoms with Crippen molar-refractivity contribution in [3.63, 3.8) is 0 Å². The second-order valence-corrected chi connectivity index (χ2v) is 11.5. The Balaban J connectivity index is 1.29. The molecule has 3 aromatic rings. The Hall–Kier alpha value is -4.09. The van der Waals surface area contributed by atoms with E-state index in [1.165, 1.54) is 31.8 Å². The molecule has 216 valence electrons. The van der Waals surface area contributed by atoms with Crippen molar-refractivity contribution in [2.24, 2.45) is 7.05 Å². The van der Waals surface area contributed by atoms with Crippen molar-refractivity contribution in [1.29, 1.82) is 5.26 Å². The zero-order chi connectivity index (χ0) is 28.7. The summed E-state index contributed by atoms with van der Waals surface area (Å²) in [6.07, 6.45) is 5.99. The highest BCUT2D eigenvalue weighted by atomic mass is 19.1. The van der Waals surface area contributed by atoms with Crippen LogP contribution in [0.4, 0.5) is 21.8 Å². The third-order valence-corrected chi connectivity index (χ3v) is 8.13. The summed E-state index contributed by atoms with van der Waals surface area (Å²) in [5.41, 5.74) is 0.0224. The molecule has 3 saturated heterocycles. The van der Waals surface area contributed by atoms with Crippen molar-refractivity contribution >= 4 is 17.5 Å². The number of halogens is 1. The zero-order valence-electron chi connectivity index (χ0n) is 23.3. The Bertz CT molecular complexity index is 1540. The van der Waals surface area contributed by atoms with E-state index >= 15 is 4.39 Å². The molecule has 0 bridgehead atoms. The van der Waals surface area contributed by atoms with Crippen LogP contribution in [0.25, 0.3) is 5.69 Å². The Labute approximate surface area is 236 Å². The van der Waals surface area contributed by atoms with Gasteiger partial charge in [0.15, 0.2) is 5.82 Å². The topological polar surface area (TPSA) is 148 Å². The minimum Gasteiger partial charge on any atom is -0.486 e. The lowest BCUT2D eigenvalue weighted by molar-refractivity contribution is 0.0501. The van der Waals surface area contributed by atoms with Crippen LogP contribution in [0.15, 0.2) is 23.1 Å². The molecule has 5 heterocycles. The Kier molecular flexibility index (Phi) is 7.08. The van der Waals surface area contributed by atoms with Crippen molar-refractivity contribution in [2.75, 3.05) is 30.4 Å². The molecule has 0 amide bonds. The molecule has 0 unspecified atom stereocenters. The van der Waals surface area contributed by atoms with E-state index in [2.05, 4.69) is 55.8 Å². The molecule has 3 aliphatic heterocycles. The fourth-order valence-corrected chi connectivity index (χ4v) is 6.22. The minimum absolute atomic E-state index is 0.00336. The summed E-state index contributed by atoms with van der Waals surface area (Å²) in [5, 5.41) is 23.8. The van der Waals surface area contributed by atoms with Crippen LogP contribution < -0.4 is 21.1 Å². The van der Waals surface area contributed by atoms with Gasteiger partial charge in [0, 0.05) is 37.2 Å². The molecule has 3 atom stereocenters. The number of nitrogens with zero attached hydrogens (tertiary/aromatic N) is 8. The van der Waals surface area contributed by atoms with Crippen LogP contribution >= 0.6 is 0 Å². The first-order chi connectivity index (χ1) is 19.7. The first-order valence-corrected chi connectivity index (χ1v) is 13.9. The van der Waals surface area contributed by atoms with Gasteiger partial charge >= 0.3 is 5.69 Å². The Morgan fingerprint density at radius 1 is 1.27 bits per heavy atom. The predicted octanol–water partition coefficient (Wildman–Crippen LogP) is 2.50. The summed E-state index contributed by atoms with van der Waals surface area (Å²) in [6, 6.07) is 5.37. The maximum absolute atomic E-state index is 15.4. The molecule has 6 rings (SSSR count). The van der Waals surface area contributed by atoms with Crippen molar-refractivity contribution in [3.05, 3.63) is 40.2 Å². The molecule has 14 heteroatoms. The van der Waals surface area contributed by atoms with Crippen LogP contribution in [-0.2, 0) is 11.8 Å². The average Bonchev–Trinajstić information content (AvgIpc) is 3.69. The van der Waals surface area contributed by atoms with E-state index < -0.39 is 11.5 Å². The van der Waals surface area contributed by atoms with Gasteiger partial charge < -0.3 is 20.1 Å². The highest BCUT2D eigenvalue weighted by molar-refractivity contribution is 5.64. The van der Waals surface area contributed by atoms with Gasteiger partial charge in [0.1, 0.15) is 35.0 Å². The molecule has 0 spiro atoms. The fourth-order valence-electron chi connectivity index (χ4n) is 6.22. The first-order valence-electron chi connectivity index (χ1n) is 13.9. The predicted molar refractivity (Wildman–Crippen MR) is 147 cm³/mol. The van der Waals surface area contributed by atoms with E-state index in [1.54, 1.807) is 0 Å². The smallest absolute Gasteiger partial charge is 0.368 e. The number of benzene rings is 1. The van der Waals surface area contributed by atoms with Crippen molar-refractivity contribution < 1.29 is 13.9 Å². The number of ether oxygens (including phenoxy) is 2. The molecule has 0 radical (unpaired) electrons. The number of aryl methyl sites for hydroxylation is 1. The standard InChI is InChI=1S/C27H33FN10O3/c1-27(2)12-17(9-18-5-4-7-37(18)27)31-24-16(13-29)14-30-25(33-24)32-21-11-22(38-26(39)36(3)34-35-38)23(10-20(21)28)41-19-6-8-40-15-19/h10-11,14,17-19H,4-9,12,15H2,1-3H3,(H2,30,31,32,33)/t17-,18+,19-/m1/s1. The van der Waals surface area contributed by atoms with Gasteiger partial charge in [-0.3, -0.25) is 4.90 Å². The van der Waals surface area contributed by atoms with Crippen LogP contribution in [0, 0.1) is 17.1 Å². The number of fused-ring (bicyclic) bond motifs is 1. The normalized spacial score (nSPS) is 23.6. The van der Waals surface area contributed by atoms with E-state index in [4.69, 9.17) is 9.47 Å². The minimum atomic E-state index is -0.641. The third-order valence-electron chi connectivity index (χ3n) is 8.13. The van der Waals surface area contributed by atoms with E-state index in [1.807, 2.05) is 0 Å². The molecule has 1 aromatic carbocycles. The van der Waals surface area contributed by atoms with Crippen LogP contribution in [-0.4, -0.2) is 78.1 Å². The van der Waals surface area contributed by atoms with Crippen molar-refractivity contribution in [2.45, 2.75) is 69.7 Å². The summed E-state index contributed by atoms with van der Waals surface area (Å²) in [7, 11) is 1.47. The van der Waals surface area contributed by atoms with Gasteiger partial charge in [0.2, 0.25) is 5.95 Å². The van der Waals surface area contributed by atoms with E-state index in [-0.39, 0.29) is 40.8 Å². The van der Waals surface area contributed by atoms with Crippen LogP contribution in [0.2, 0.25) is 0 Å². The lowest BCUT2D eigenvalue weighted by Gasteiger charge is -2.47. The summed E-state index contributed by atoms with van der Waals surface area (Å²) in [5.74, 6) is -0.0185. The van der Waals surface area contributed by atoms with Gasteiger partial charge in [-0.25, -0.2) is 14.2 Å². The summed E-state index contributed by atoms with van der Waals surface area (Å²) in [6.45, 7) is 6.53. The molecule has 3 fully saturated rings. The van der Waals surface area contributed by atoms with Crippen molar-refractivity contribution in [3.8, 4) is 17.5 Å². The number of hydrogen-bond acceptors (Lipinski definition) is 11. The maximum Gasteiger partial charge on any atom is 0.368 e. The van der Waals surface area contributed by atoms with E-state index in [0.29, 0.717) is 37.1 Å². The number of hydrogen-bond donors (Lipinski definition) is 2. The monoisotopic (exact) mass is 564 g/mol. The van der Waals surface area contributed by atoms with Gasteiger partial charge in [0.05, 0.1) is 25.1 Å². The SMILES string of the molecule is Cn1nnn(-c2cc(Nc3ncc(C#N)c(N[C@@H]4C[C@@H]5CCCN5C(C)(C)C4)n3)c(F)cc2O[C@@H]2CCOC2)c1=O. The summed E-state index contributed by atoms with van der Waals surface area (Å²) < 4.78 is 28.9.